The van der Waals surface area contributed by atoms with E-state index in [0.29, 0.717) is 5.82 Å². The van der Waals surface area contributed by atoms with Gasteiger partial charge in [-0.25, -0.2) is 4.98 Å². The fourth-order valence-corrected chi connectivity index (χ4v) is 1.12. The Balaban J connectivity index is 2.55. The highest BCUT2D eigenvalue weighted by Gasteiger charge is 2.07. The number of aliphatic carboxylic acids is 1. The van der Waals surface area contributed by atoms with Crippen LogP contribution in [-0.4, -0.2) is 27.1 Å². The second-order valence-corrected chi connectivity index (χ2v) is 3.26. The SMILES string of the molecule is CC(CC(=O)O)Nc1cncc(Cl)n1. The molecular formula is C8H10ClN3O2. The van der Waals surface area contributed by atoms with Gasteiger partial charge in [0.15, 0.2) is 0 Å². The number of hydrogen-bond donors (Lipinski definition) is 2. The Morgan fingerprint density at radius 3 is 3.00 bits per heavy atom. The van der Waals surface area contributed by atoms with Gasteiger partial charge in [-0.05, 0) is 6.92 Å². The lowest BCUT2D eigenvalue weighted by atomic mass is 10.2. The highest BCUT2D eigenvalue weighted by atomic mass is 35.5. The first kappa shape index (κ1) is 10.7. The minimum absolute atomic E-state index is 0.0220. The molecule has 6 heteroatoms. The molecule has 0 aliphatic rings. The maximum atomic E-state index is 10.4. The van der Waals surface area contributed by atoms with Crippen LogP contribution in [0.3, 0.4) is 0 Å². The summed E-state index contributed by atoms with van der Waals surface area (Å²) in [4.78, 5) is 18.1. The number of hydrogen-bond acceptors (Lipinski definition) is 4. The number of rotatable bonds is 4. The largest absolute Gasteiger partial charge is 0.481 e. The third-order valence-corrected chi connectivity index (χ3v) is 1.66. The molecule has 1 rings (SSSR count). The van der Waals surface area contributed by atoms with E-state index in [-0.39, 0.29) is 17.6 Å². The normalized spacial score (nSPS) is 12.1. The molecule has 1 atom stereocenters. The second-order valence-electron chi connectivity index (χ2n) is 2.87. The maximum Gasteiger partial charge on any atom is 0.305 e. The van der Waals surface area contributed by atoms with Crippen molar-refractivity contribution >= 4 is 23.4 Å². The van der Waals surface area contributed by atoms with Crippen molar-refractivity contribution in [2.24, 2.45) is 0 Å². The molecule has 0 saturated heterocycles. The molecule has 14 heavy (non-hydrogen) atoms. The topological polar surface area (TPSA) is 75.1 Å². The third kappa shape index (κ3) is 3.57. The Morgan fingerprint density at radius 1 is 1.71 bits per heavy atom. The van der Waals surface area contributed by atoms with Gasteiger partial charge in [-0.2, -0.15) is 0 Å². The summed E-state index contributed by atoms with van der Waals surface area (Å²) in [6.45, 7) is 1.75. The van der Waals surface area contributed by atoms with Crippen LogP contribution >= 0.6 is 11.6 Å². The smallest absolute Gasteiger partial charge is 0.305 e. The number of halogens is 1. The first-order valence-electron chi connectivity index (χ1n) is 4.04. The predicted octanol–water partition coefficient (Wildman–Crippen LogP) is 1.41. The molecule has 0 spiro atoms. The van der Waals surface area contributed by atoms with Crippen molar-refractivity contribution in [3.05, 3.63) is 17.5 Å². The predicted molar refractivity (Wildman–Crippen MR) is 52.4 cm³/mol. The number of carbonyl (C=O) groups is 1. The lowest BCUT2D eigenvalue weighted by Crippen LogP contribution is -2.19. The molecule has 0 aliphatic carbocycles. The van der Waals surface area contributed by atoms with Gasteiger partial charge < -0.3 is 10.4 Å². The van der Waals surface area contributed by atoms with Crippen molar-refractivity contribution in [2.75, 3.05) is 5.32 Å². The Labute approximate surface area is 86.1 Å². The number of anilines is 1. The molecule has 76 valence electrons. The Morgan fingerprint density at radius 2 is 2.43 bits per heavy atom. The maximum absolute atomic E-state index is 10.4. The second kappa shape index (κ2) is 4.76. The van der Waals surface area contributed by atoms with Crippen LogP contribution in [0.25, 0.3) is 0 Å². The summed E-state index contributed by atoms with van der Waals surface area (Å²) in [7, 11) is 0. The van der Waals surface area contributed by atoms with E-state index in [4.69, 9.17) is 16.7 Å². The first-order valence-corrected chi connectivity index (χ1v) is 4.41. The van der Waals surface area contributed by atoms with Gasteiger partial charge in [-0.3, -0.25) is 9.78 Å². The van der Waals surface area contributed by atoms with Crippen molar-refractivity contribution in [1.82, 2.24) is 9.97 Å². The van der Waals surface area contributed by atoms with Crippen LogP contribution in [0.1, 0.15) is 13.3 Å². The molecule has 1 heterocycles. The van der Waals surface area contributed by atoms with Gasteiger partial charge in [0.2, 0.25) is 0 Å². The zero-order valence-corrected chi connectivity index (χ0v) is 8.32. The lowest BCUT2D eigenvalue weighted by molar-refractivity contribution is -0.137. The van der Waals surface area contributed by atoms with Crippen LogP contribution in [0.5, 0.6) is 0 Å². The van der Waals surface area contributed by atoms with E-state index in [2.05, 4.69) is 15.3 Å². The van der Waals surface area contributed by atoms with Crippen molar-refractivity contribution in [1.29, 1.82) is 0 Å². The molecule has 0 radical (unpaired) electrons. The van der Waals surface area contributed by atoms with Crippen LogP contribution < -0.4 is 5.32 Å². The highest BCUT2D eigenvalue weighted by molar-refractivity contribution is 6.29. The van der Waals surface area contributed by atoms with Crippen molar-refractivity contribution in [2.45, 2.75) is 19.4 Å². The van der Waals surface area contributed by atoms with Crippen LogP contribution in [0, 0.1) is 0 Å². The van der Waals surface area contributed by atoms with E-state index in [9.17, 15) is 4.79 Å². The molecule has 0 saturated carbocycles. The van der Waals surface area contributed by atoms with Gasteiger partial charge in [0.05, 0.1) is 18.8 Å². The summed E-state index contributed by atoms with van der Waals surface area (Å²) in [6.07, 6.45) is 2.92. The van der Waals surface area contributed by atoms with Crippen LogP contribution in [0.15, 0.2) is 12.4 Å². The van der Waals surface area contributed by atoms with Crippen LogP contribution in [-0.2, 0) is 4.79 Å². The monoisotopic (exact) mass is 215 g/mol. The number of aromatic nitrogens is 2. The molecule has 0 fully saturated rings. The highest BCUT2D eigenvalue weighted by Crippen LogP contribution is 2.08. The first-order chi connectivity index (χ1) is 6.58. The van der Waals surface area contributed by atoms with E-state index in [1.165, 1.54) is 12.4 Å². The molecular weight excluding hydrogens is 206 g/mol. The zero-order chi connectivity index (χ0) is 10.6. The molecule has 0 bridgehead atoms. The van der Waals surface area contributed by atoms with E-state index < -0.39 is 5.97 Å². The summed E-state index contributed by atoms with van der Waals surface area (Å²) >= 11 is 5.60. The average molecular weight is 216 g/mol. The number of carboxylic acids is 1. The van der Waals surface area contributed by atoms with E-state index in [0.717, 1.165) is 0 Å². The van der Waals surface area contributed by atoms with Gasteiger partial charge in [0.25, 0.3) is 0 Å². The minimum atomic E-state index is -0.861. The van der Waals surface area contributed by atoms with Gasteiger partial charge in [0.1, 0.15) is 11.0 Å². The van der Waals surface area contributed by atoms with E-state index in [1.54, 1.807) is 6.92 Å². The summed E-state index contributed by atoms with van der Waals surface area (Å²) < 4.78 is 0. The molecule has 0 aliphatic heterocycles. The van der Waals surface area contributed by atoms with Gasteiger partial charge in [-0.15, -0.1) is 0 Å². The summed E-state index contributed by atoms with van der Waals surface area (Å²) in [6, 6.07) is -0.208. The summed E-state index contributed by atoms with van der Waals surface area (Å²) in [5.41, 5.74) is 0. The zero-order valence-electron chi connectivity index (χ0n) is 7.57. The molecule has 2 N–H and O–H groups in total. The minimum Gasteiger partial charge on any atom is -0.481 e. The molecule has 1 unspecified atom stereocenters. The van der Waals surface area contributed by atoms with Crippen molar-refractivity contribution < 1.29 is 9.90 Å². The molecule has 1 aromatic rings. The van der Waals surface area contributed by atoms with Crippen molar-refractivity contribution in [3.8, 4) is 0 Å². The van der Waals surface area contributed by atoms with E-state index in [1.807, 2.05) is 0 Å². The van der Waals surface area contributed by atoms with Crippen molar-refractivity contribution in [3.63, 3.8) is 0 Å². The van der Waals surface area contributed by atoms with Gasteiger partial charge in [0, 0.05) is 6.04 Å². The van der Waals surface area contributed by atoms with Gasteiger partial charge in [-0.1, -0.05) is 11.6 Å². The van der Waals surface area contributed by atoms with Crippen LogP contribution in [0.2, 0.25) is 5.15 Å². The Bertz CT molecular complexity index is 332. The number of carboxylic acid groups (broad SMARTS) is 1. The molecule has 1 aromatic heterocycles. The fraction of sp³-hybridized carbons (Fsp3) is 0.375. The van der Waals surface area contributed by atoms with Gasteiger partial charge >= 0.3 is 5.97 Å². The molecule has 5 nitrogen and oxygen atoms in total. The number of nitrogens with one attached hydrogen (secondary N) is 1. The summed E-state index contributed by atoms with van der Waals surface area (Å²) in [5, 5.41) is 11.7. The molecule has 0 aromatic carbocycles. The number of nitrogens with zero attached hydrogens (tertiary/aromatic N) is 2. The Kier molecular flexibility index (Phi) is 3.64. The quantitative estimate of drug-likeness (QED) is 0.794. The average Bonchev–Trinajstić information content (AvgIpc) is 2.01. The Hall–Kier alpha value is -1.36. The fourth-order valence-electron chi connectivity index (χ4n) is 0.977. The molecule has 0 amide bonds. The van der Waals surface area contributed by atoms with Crippen LogP contribution in [0.4, 0.5) is 5.82 Å². The standard InChI is InChI=1S/C8H10ClN3O2/c1-5(2-8(13)14)11-7-4-10-3-6(9)12-7/h3-5H,2H2,1H3,(H,11,12)(H,13,14). The van der Waals surface area contributed by atoms with E-state index >= 15 is 0 Å². The third-order valence-electron chi connectivity index (χ3n) is 1.48. The summed E-state index contributed by atoms with van der Waals surface area (Å²) in [5.74, 6) is -0.383. The lowest BCUT2D eigenvalue weighted by Gasteiger charge is -2.11.